The van der Waals surface area contributed by atoms with Crippen molar-refractivity contribution in [2.45, 2.75) is 12.7 Å². The summed E-state index contributed by atoms with van der Waals surface area (Å²) in [6.07, 6.45) is -0.991. The Morgan fingerprint density at radius 2 is 2.03 bits per heavy atom. The molecule has 0 bridgehead atoms. The SMILES string of the molecule is N=C/C(=C\NCCO)Nc1ncc(Cl)c(NCc2cc(F)cc(C(F)(F)F)c2)n1. The Kier molecular flexibility index (Phi) is 7.74. The van der Waals surface area contributed by atoms with Gasteiger partial charge in [0.1, 0.15) is 10.8 Å². The highest BCUT2D eigenvalue weighted by atomic mass is 35.5. The van der Waals surface area contributed by atoms with Crippen LogP contribution in [-0.4, -0.2) is 34.4 Å². The molecule has 0 unspecified atom stereocenters. The first-order valence-electron chi connectivity index (χ1n) is 8.18. The Morgan fingerprint density at radius 1 is 1.28 bits per heavy atom. The second-order valence-corrected chi connectivity index (χ2v) is 6.04. The zero-order valence-electron chi connectivity index (χ0n) is 14.8. The Balaban J connectivity index is 2.14. The average Bonchev–Trinajstić information content (AvgIpc) is 2.66. The van der Waals surface area contributed by atoms with Gasteiger partial charge in [-0.2, -0.15) is 18.2 Å². The van der Waals surface area contributed by atoms with E-state index >= 15 is 0 Å². The maximum atomic E-state index is 13.5. The molecule has 1 aromatic heterocycles. The van der Waals surface area contributed by atoms with Crippen LogP contribution < -0.4 is 16.0 Å². The predicted molar refractivity (Wildman–Crippen MR) is 101 cm³/mol. The molecule has 12 heteroatoms. The molecule has 0 aliphatic rings. The number of halogens is 5. The van der Waals surface area contributed by atoms with Gasteiger partial charge in [-0.15, -0.1) is 0 Å². The lowest BCUT2D eigenvalue weighted by Gasteiger charge is -2.12. The van der Waals surface area contributed by atoms with Gasteiger partial charge in [-0.1, -0.05) is 11.6 Å². The van der Waals surface area contributed by atoms with Crippen LogP contribution in [0.25, 0.3) is 0 Å². The van der Waals surface area contributed by atoms with E-state index in [1.807, 2.05) is 0 Å². The van der Waals surface area contributed by atoms with Crippen molar-refractivity contribution < 1.29 is 22.7 Å². The number of nitrogens with zero attached hydrogens (tertiary/aromatic N) is 2. The summed E-state index contributed by atoms with van der Waals surface area (Å²) in [6.45, 7) is 0.0204. The molecule has 1 aromatic carbocycles. The number of allylic oxidation sites excluding steroid dienone is 1. The first kappa shape index (κ1) is 22.4. The molecule has 0 saturated carbocycles. The van der Waals surface area contributed by atoms with Crippen molar-refractivity contribution in [2.75, 3.05) is 23.8 Å². The van der Waals surface area contributed by atoms with Gasteiger partial charge in [0.2, 0.25) is 5.95 Å². The van der Waals surface area contributed by atoms with Gasteiger partial charge < -0.3 is 26.5 Å². The van der Waals surface area contributed by atoms with Crippen molar-refractivity contribution in [3.05, 3.63) is 58.3 Å². The third kappa shape index (κ3) is 6.88. The van der Waals surface area contributed by atoms with Gasteiger partial charge in [-0.25, -0.2) is 9.37 Å². The molecule has 0 aliphatic carbocycles. The van der Waals surface area contributed by atoms with Gasteiger partial charge >= 0.3 is 6.18 Å². The van der Waals surface area contributed by atoms with Crippen molar-refractivity contribution in [1.82, 2.24) is 15.3 Å². The predicted octanol–water partition coefficient (Wildman–Crippen LogP) is 3.38. The summed E-state index contributed by atoms with van der Waals surface area (Å²) >= 11 is 6.00. The van der Waals surface area contributed by atoms with E-state index in [-0.39, 0.29) is 47.7 Å². The van der Waals surface area contributed by atoms with Crippen molar-refractivity contribution in [1.29, 1.82) is 5.41 Å². The maximum absolute atomic E-state index is 13.5. The number of aromatic nitrogens is 2. The van der Waals surface area contributed by atoms with Crippen LogP contribution in [0.15, 0.2) is 36.3 Å². The van der Waals surface area contributed by atoms with Crippen molar-refractivity contribution in [3.8, 4) is 0 Å². The zero-order chi connectivity index (χ0) is 21.4. The highest BCUT2D eigenvalue weighted by Gasteiger charge is 2.31. The Labute approximate surface area is 168 Å². The maximum Gasteiger partial charge on any atom is 0.416 e. The number of alkyl halides is 3. The molecule has 7 nitrogen and oxygen atoms in total. The van der Waals surface area contributed by atoms with Crippen LogP contribution in [0.1, 0.15) is 11.1 Å². The van der Waals surface area contributed by atoms with Gasteiger partial charge in [-0.3, -0.25) is 0 Å². The molecule has 0 aliphatic heterocycles. The summed E-state index contributed by atoms with van der Waals surface area (Å²) in [7, 11) is 0. The van der Waals surface area contributed by atoms with Gasteiger partial charge in [-0.05, 0) is 23.8 Å². The summed E-state index contributed by atoms with van der Waals surface area (Å²) in [4.78, 5) is 8.04. The lowest BCUT2D eigenvalue weighted by Crippen LogP contribution is -2.15. The summed E-state index contributed by atoms with van der Waals surface area (Å²) < 4.78 is 51.9. The van der Waals surface area contributed by atoms with E-state index in [1.54, 1.807) is 0 Å². The van der Waals surface area contributed by atoms with E-state index in [2.05, 4.69) is 25.9 Å². The second-order valence-electron chi connectivity index (χ2n) is 5.64. The monoisotopic (exact) mass is 432 g/mol. The third-order valence-electron chi connectivity index (χ3n) is 3.41. The van der Waals surface area contributed by atoms with E-state index in [0.29, 0.717) is 6.07 Å². The van der Waals surface area contributed by atoms with Gasteiger partial charge in [0.25, 0.3) is 0 Å². The summed E-state index contributed by atoms with van der Waals surface area (Å²) in [5.41, 5.74) is -0.761. The average molecular weight is 433 g/mol. The van der Waals surface area contributed by atoms with Crippen molar-refractivity contribution in [3.63, 3.8) is 0 Å². The van der Waals surface area contributed by atoms with Crippen LogP contribution in [0.2, 0.25) is 5.02 Å². The summed E-state index contributed by atoms with van der Waals surface area (Å²) in [5.74, 6) is -0.841. The van der Waals surface area contributed by atoms with E-state index in [0.717, 1.165) is 18.3 Å². The topological polar surface area (TPSA) is 106 Å². The van der Waals surface area contributed by atoms with Gasteiger partial charge in [0.05, 0.1) is 24.1 Å². The molecule has 1 heterocycles. The number of rotatable bonds is 9. The molecule has 0 radical (unpaired) electrons. The molecule has 0 amide bonds. The van der Waals surface area contributed by atoms with Crippen LogP contribution in [0.5, 0.6) is 0 Å². The molecule has 156 valence electrons. The molecule has 2 aromatic rings. The standard InChI is InChI=1S/C17H17ClF4N6O/c18-14-9-26-16(27-13(6-23)8-24-1-2-29)28-15(14)25-7-10-3-11(17(20,21)22)5-12(19)4-10/h3-6,8-9,23-24,29H,1-2,7H2,(H2,25,26,27,28)/b13-8+,23-6?. The lowest BCUT2D eigenvalue weighted by atomic mass is 10.1. The minimum Gasteiger partial charge on any atom is -0.395 e. The van der Waals surface area contributed by atoms with Crippen LogP contribution in [0.3, 0.4) is 0 Å². The number of nitrogens with one attached hydrogen (secondary N) is 4. The fourth-order valence-corrected chi connectivity index (χ4v) is 2.30. The quantitative estimate of drug-likeness (QED) is 0.236. The van der Waals surface area contributed by atoms with E-state index in [1.165, 1.54) is 12.4 Å². The van der Waals surface area contributed by atoms with Crippen LogP contribution in [0.4, 0.5) is 29.3 Å². The Bertz CT molecular complexity index is 891. The highest BCUT2D eigenvalue weighted by Crippen LogP contribution is 2.30. The fourth-order valence-electron chi connectivity index (χ4n) is 2.14. The fraction of sp³-hybridized carbons (Fsp3) is 0.235. The highest BCUT2D eigenvalue weighted by molar-refractivity contribution is 6.32. The lowest BCUT2D eigenvalue weighted by molar-refractivity contribution is -0.137. The number of aliphatic hydroxyl groups excluding tert-OH is 1. The molecule has 2 rings (SSSR count). The van der Waals surface area contributed by atoms with Crippen LogP contribution >= 0.6 is 11.6 Å². The number of hydrogen-bond donors (Lipinski definition) is 5. The normalized spacial score (nSPS) is 11.9. The Morgan fingerprint density at radius 3 is 2.69 bits per heavy atom. The van der Waals surface area contributed by atoms with E-state index in [9.17, 15) is 17.6 Å². The molecule has 0 spiro atoms. The summed E-state index contributed by atoms with van der Waals surface area (Å²) in [5, 5.41) is 24.4. The van der Waals surface area contributed by atoms with E-state index < -0.39 is 17.6 Å². The number of aliphatic hydroxyl groups is 1. The number of hydrogen-bond acceptors (Lipinski definition) is 7. The first-order valence-corrected chi connectivity index (χ1v) is 8.55. The van der Waals surface area contributed by atoms with Crippen LogP contribution in [-0.2, 0) is 12.7 Å². The van der Waals surface area contributed by atoms with Gasteiger partial charge in [0.15, 0.2) is 5.82 Å². The third-order valence-corrected chi connectivity index (χ3v) is 3.69. The second kappa shape index (κ2) is 10.0. The summed E-state index contributed by atoms with van der Waals surface area (Å²) in [6, 6.07) is 2.21. The van der Waals surface area contributed by atoms with Gasteiger partial charge in [0, 0.05) is 25.5 Å². The molecular weight excluding hydrogens is 416 g/mol. The molecule has 0 atom stereocenters. The smallest absolute Gasteiger partial charge is 0.395 e. The minimum absolute atomic E-state index is 0.0507. The molecule has 29 heavy (non-hydrogen) atoms. The molecular formula is C17H17ClF4N6O. The number of anilines is 2. The van der Waals surface area contributed by atoms with Crippen molar-refractivity contribution >= 4 is 29.6 Å². The molecule has 0 saturated heterocycles. The van der Waals surface area contributed by atoms with E-state index in [4.69, 9.17) is 22.1 Å². The first-order chi connectivity index (χ1) is 13.7. The minimum atomic E-state index is -4.67. The van der Waals surface area contributed by atoms with Crippen LogP contribution in [0, 0.1) is 11.2 Å². The molecule has 0 fully saturated rings. The Hall–Kier alpha value is -2.92. The number of benzene rings is 1. The largest absolute Gasteiger partial charge is 0.416 e. The van der Waals surface area contributed by atoms with Crippen molar-refractivity contribution in [2.24, 2.45) is 0 Å². The zero-order valence-corrected chi connectivity index (χ0v) is 15.6. The molecule has 5 N–H and O–H groups in total.